The molecule has 3 heterocycles. The molecule has 8 nitrogen and oxygen atoms in total. The first-order chi connectivity index (χ1) is 16.2. The van der Waals surface area contributed by atoms with Crippen LogP contribution in [-0.4, -0.2) is 62.9 Å². The van der Waals surface area contributed by atoms with Gasteiger partial charge in [-0.05, 0) is 61.2 Å². The van der Waals surface area contributed by atoms with Crippen LogP contribution in [-0.2, 0) is 14.0 Å². The molecular weight excluding hydrogens is 347 g/mol. The van der Waals surface area contributed by atoms with Gasteiger partial charge in [0.15, 0.2) is 0 Å². The Hall–Kier alpha value is -1.61. The summed E-state index contributed by atoms with van der Waals surface area (Å²) in [5.41, 5.74) is -3.33. The van der Waals surface area contributed by atoms with Gasteiger partial charge in [0.25, 0.3) is 0 Å². The van der Waals surface area contributed by atoms with Crippen LogP contribution >= 0.6 is 0 Å². The molecule has 0 bridgehead atoms. The second-order valence-electron chi connectivity index (χ2n) is 8.21. The van der Waals surface area contributed by atoms with Crippen LogP contribution in [0.2, 0.25) is 0 Å². The third-order valence-electron chi connectivity index (χ3n) is 4.29. The lowest BCUT2D eigenvalue weighted by Crippen LogP contribution is -2.42. The fourth-order valence-electron chi connectivity index (χ4n) is 2.18. The normalized spacial score (nSPS) is 37.0. The molecule has 1 aromatic rings. The van der Waals surface area contributed by atoms with Crippen molar-refractivity contribution in [2.24, 2.45) is 0 Å². The first-order valence-electron chi connectivity index (χ1n) is 13.5. The minimum Gasteiger partial charge on any atom is -0.444 e. The van der Waals surface area contributed by atoms with Crippen molar-refractivity contribution in [3.8, 4) is 0 Å². The van der Waals surface area contributed by atoms with Gasteiger partial charge in [0.05, 0.1) is 26.1 Å². The highest BCUT2D eigenvalue weighted by atomic mass is 16.7. The summed E-state index contributed by atoms with van der Waals surface area (Å²) in [6.45, 7) is 3.84. The Balaban J connectivity index is 2.19. The smallest absolute Gasteiger partial charge is 0.444 e. The molecule has 0 aliphatic carbocycles. The number of hydrogen-bond donors (Lipinski definition) is 0. The lowest BCUT2D eigenvalue weighted by Gasteiger charge is -2.33. The van der Waals surface area contributed by atoms with Gasteiger partial charge < -0.3 is 18.9 Å². The van der Waals surface area contributed by atoms with E-state index in [1.807, 2.05) is 0 Å². The summed E-state index contributed by atoms with van der Waals surface area (Å²) in [5.74, 6) is 0. The molecule has 0 N–H and O–H groups in total. The SMILES string of the molecule is [2H]c1nn(C2([2H])C([2H])([2H])C([2H])([2H])N(C(=O)OC(C)(C)C)C([2H])([2H])C2([2H])[2H])nc1B1OC(C)(C)C(C)(C)O1. The van der Waals surface area contributed by atoms with E-state index < -0.39 is 67.9 Å². The lowest BCUT2D eigenvalue weighted by molar-refractivity contribution is 0.00578. The van der Waals surface area contributed by atoms with Crippen molar-refractivity contribution in [2.45, 2.75) is 84.0 Å². The number of ether oxygens (including phenoxy) is 1. The van der Waals surface area contributed by atoms with Crippen molar-refractivity contribution < 1.29 is 32.5 Å². The third kappa shape index (κ3) is 4.29. The summed E-state index contributed by atoms with van der Waals surface area (Å²) in [5, 5.41) is 7.58. The van der Waals surface area contributed by atoms with Crippen LogP contribution in [0.5, 0.6) is 0 Å². The van der Waals surface area contributed by atoms with E-state index in [2.05, 4.69) is 10.2 Å². The van der Waals surface area contributed by atoms with E-state index in [4.69, 9.17) is 27.8 Å². The van der Waals surface area contributed by atoms with Gasteiger partial charge in [-0.3, -0.25) is 0 Å². The first kappa shape index (κ1) is 10.8. The highest BCUT2D eigenvalue weighted by molar-refractivity contribution is 6.61. The zero-order chi connectivity index (χ0) is 29.0. The largest absolute Gasteiger partial charge is 0.518 e. The molecule has 9 heteroatoms. The van der Waals surface area contributed by atoms with E-state index in [0.717, 1.165) is 0 Å². The molecule has 0 spiro atoms. The van der Waals surface area contributed by atoms with Crippen LogP contribution in [0.15, 0.2) is 6.17 Å². The Labute approximate surface area is 175 Å². The van der Waals surface area contributed by atoms with Gasteiger partial charge in [-0.15, -0.1) is 0 Å². The summed E-state index contributed by atoms with van der Waals surface area (Å²) >= 11 is 0. The average molecular weight is 388 g/mol. The van der Waals surface area contributed by atoms with Crippen LogP contribution in [0.4, 0.5) is 4.79 Å². The van der Waals surface area contributed by atoms with Crippen molar-refractivity contribution in [3.05, 3.63) is 6.17 Å². The van der Waals surface area contributed by atoms with Gasteiger partial charge in [-0.2, -0.15) is 15.0 Å². The highest BCUT2D eigenvalue weighted by Gasteiger charge is 2.53. The fourth-order valence-corrected chi connectivity index (χ4v) is 2.18. The second-order valence-corrected chi connectivity index (χ2v) is 8.21. The Morgan fingerprint density at radius 1 is 1.33 bits per heavy atom. The maximum Gasteiger partial charge on any atom is 0.518 e. The molecule has 1 amide bonds. The van der Waals surface area contributed by atoms with Gasteiger partial charge in [0.1, 0.15) is 11.2 Å². The fraction of sp³-hybridized carbons (Fsp3) is 0.833. The van der Waals surface area contributed by atoms with Crippen molar-refractivity contribution in [2.75, 3.05) is 13.0 Å². The molecular formula is C18H31BN4O4. The van der Waals surface area contributed by atoms with E-state index in [-0.39, 0.29) is 15.3 Å². The van der Waals surface area contributed by atoms with E-state index in [0.29, 0.717) is 0 Å². The Bertz CT molecular complexity index is 1060. The molecule has 2 aliphatic rings. The first-order valence-corrected chi connectivity index (χ1v) is 8.52. The van der Waals surface area contributed by atoms with E-state index in [1.54, 1.807) is 27.7 Å². The summed E-state index contributed by atoms with van der Waals surface area (Å²) in [6, 6.07) is -3.57. The number of aromatic nitrogens is 3. The van der Waals surface area contributed by atoms with Crippen molar-refractivity contribution in [1.29, 1.82) is 0 Å². The quantitative estimate of drug-likeness (QED) is 0.723. The topological polar surface area (TPSA) is 78.7 Å². The molecule has 1 aromatic heterocycles. The molecule has 0 unspecified atom stereocenters. The Kier molecular flexibility index (Phi) is 2.71. The number of likely N-dealkylation sites (tertiary alicyclic amines) is 1. The molecule has 2 saturated heterocycles. The number of nitrogens with zero attached hydrogens (tertiary/aromatic N) is 4. The molecule has 27 heavy (non-hydrogen) atoms. The molecule has 0 atom stereocenters. The zero-order valence-corrected chi connectivity index (χ0v) is 16.5. The van der Waals surface area contributed by atoms with Gasteiger partial charge in [0.2, 0.25) is 0 Å². The second kappa shape index (κ2) is 6.77. The Morgan fingerprint density at radius 2 is 1.89 bits per heavy atom. The minimum absolute atomic E-state index is 0.123. The number of amides is 1. The number of carbonyl (C=O) groups excluding carboxylic acids is 1. The van der Waals surface area contributed by atoms with E-state index >= 15 is 0 Å². The predicted molar refractivity (Wildman–Crippen MR) is 102 cm³/mol. The van der Waals surface area contributed by atoms with E-state index in [1.165, 1.54) is 20.8 Å². The highest BCUT2D eigenvalue weighted by Crippen LogP contribution is 2.36. The zero-order valence-electron chi connectivity index (χ0n) is 26.5. The van der Waals surface area contributed by atoms with Crippen LogP contribution in [0.25, 0.3) is 0 Å². The van der Waals surface area contributed by atoms with Crippen LogP contribution in [0.1, 0.15) is 80.9 Å². The molecule has 3 rings (SSSR count). The minimum atomic E-state index is -3.69. The molecule has 0 aromatic carbocycles. The number of hydrogen-bond acceptors (Lipinski definition) is 6. The van der Waals surface area contributed by atoms with Crippen molar-refractivity contribution in [3.63, 3.8) is 0 Å². The Morgan fingerprint density at radius 3 is 2.41 bits per heavy atom. The number of carbonyl (C=O) groups is 1. The maximum atomic E-state index is 12.9. The number of rotatable bonds is 2. The van der Waals surface area contributed by atoms with Gasteiger partial charge in [-0.25, -0.2) is 4.79 Å². The molecule has 0 saturated carbocycles. The monoisotopic (exact) mass is 388 g/mol. The van der Waals surface area contributed by atoms with Crippen LogP contribution in [0, 0.1) is 0 Å². The molecule has 2 fully saturated rings. The third-order valence-corrected chi connectivity index (χ3v) is 4.29. The van der Waals surface area contributed by atoms with Crippen LogP contribution in [0.3, 0.4) is 0 Å². The summed E-state index contributed by atoms with van der Waals surface area (Å²) in [7, 11) is -1.30. The van der Waals surface area contributed by atoms with Gasteiger partial charge in [-0.1, -0.05) is 0 Å². The number of piperidine rings is 1. The molecule has 0 radical (unpaired) electrons. The molecule has 2 aliphatic heterocycles. The summed E-state index contributed by atoms with van der Waals surface area (Å²) in [4.78, 5) is 12.7. The maximum absolute atomic E-state index is 12.9. The van der Waals surface area contributed by atoms with Gasteiger partial charge in [0, 0.05) is 24.0 Å². The van der Waals surface area contributed by atoms with Crippen LogP contribution < -0.4 is 5.59 Å². The summed E-state index contributed by atoms with van der Waals surface area (Å²) < 4.78 is 102. The lowest BCUT2D eigenvalue weighted by atomic mass is 9.86. The standard InChI is InChI=1S/C18H31BN4O4/c1-16(2,3)25-15(24)22-10-8-13(9-11-22)23-20-12-14(21-23)19-26-17(4,5)18(6,7)27-19/h12-13H,8-11H2,1-7H3/i8D2,9D2,10D2,11D2,12D,13D. The summed E-state index contributed by atoms with van der Waals surface area (Å²) in [6.07, 6.45) is -9.72. The van der Waals surface area contributed by atoms with Gasteiger partial charge >= 0.3 is 13.2 Å². The van der Waals surface area contributed by atoms with E-state index in [9.17, 15) is 4.79 Å². The van der Waals surface area contributed by atoms with Crippen molar-refractivity contribution >= 4 is 18.8 Å². The predicted octanol–water partition coefficient (Wildman–Crippen LogP) is 2.15. The van der Waals surface area contributed by atoms with Crippen molar-refractivity contribution in [1.82, 2.24) is 19.9 Å². The average Bonchev–Trinajstić information content (AvgIpc) is 3.14. The molecule has 150 valence electrons.